The molecule has 0 fully saturated rings. The minimum absolute atomic E-state index is 0.999. The summed E-state index contributed by atoms with van der Waals surface area (Å²) >= 11 is 0. The van der Waals surface area contributed by atoms with E-state index in [0.717, 1.165) is 13.2 Å². The van der Waals surface area contributed by atoms with Gasteiger partial charge in [0.1, 0.15) is 0 Å². The normalized spacial score (nSPS) is 11.8. The van der Waals surface area contributed by atoms with Crippen LogP contribution < -0.4 is 0 Å². The third kappa shape index (κ3) is 80.0. The van der Waals surface area contributed by atoms with Gasteiger partial charge in [0.05, 0.1) is 0 Å². The zero-order valence-electron chi connectivity index (χ0n) is 57.6. The molecule has 0 unspecified atom stereocenters. The van der Waals surface area contributed by atoms with Crippen LogP contribution in [0.25, 0.3) is 0 Å². The van der Waals surface area contributed by atoms with Gasteiger partial charge in [-0.05, 0) is 12.8 Å². The van der Waals surface area contributed by atoms with Crippen molar-refractivity contribution in [3.05, 3.63) is 0 Å². The fourth-order valence-electron chi connectivity index (χ4n) is 13.4. The Hall–Kier alpha value is -0.0400. The van der Waals surface area contributed by atoms with Crippen molar-refractivity contribution in [3.63, 3.8) is 0 Å². The molecule has 0 N–H and O–H groups in total. The minimum Gasteiger partial charge on any atom is -0.381 e. The van der Waals surface area contributed by atoms with Gasteiger partial charge in [-0.15, -0.1) is 0 Å². The van der Waals surface area contributed by atoms with Crippen molar-refractivity contribution >= 4 is 0 Å². The van der Waals surface area contributed by atoms with Gasteiger partial charge in [0.2, 0.25) is 0 Å². The van der Waals surface area contributed by atoms with Crippen LogP contribution in [0.1, 0.15) is 502 Å². The van der Waals surface area contributed by atoms with Gasteiger partial charge in [-0.1, -0.05) is 489 Å². The van der Waals surface area contributed by atoms with E-state index >= 15 is 0 Å². The molecule has 0 aliphatic rings. The summed E-state index contributed by atoms with van der Waals surface area (Å²) in [6, 6.07) is 0. The summed E-state index contributed by atoms with van der Waals surface area (Å²) in [5.41, 5.74) is 0. The molecule has 0 aromatic carbocycles. The molecule has 1 nitrogen and oxygen atoms in total. The molecular weight excluding hydrogens is 977 g/mol. The van der Waals surface area contributed by atoms with Crippen molar-refractivity contribution < 1.29 is 4.74 Å². The maximum Gasteiger partial charge on any atom is 0.0466 e. The lowest BCUT2D eigenvalue weighted by molar-refractivity contribution is 0.125. The summed E-state index contributed by atoms with van der Waals surface area (Å²) < 4.78 is 5.98. The first-order valence-electron chi connectivity index (χ1n) is 40.0. The van der Waals surface area contributed by atoms with Crippen molar-refractivity contribution in [2.24, 2.45) is 0 Å². The lowest BCUT2D eigenvalue weighted by Gasteiger charge is -2.06. The molecule has 0 aromatic heterocycles. The molecule has 0 aliphatic carbocycles. The summed E-state index contributed by atoms with van der Waals surface area (Å²) in [7, 11) is 0. The molecule has 0 rings (SSSR count). The molecule has 81 heavy (non-hydrogen) atoms. The molecule has 0 aliphatic heterocycles. The van der Waals surface area contributed by atoms with Gasteiger partial charge in [-0.2, -0.15) is 0 Å². The fraction of sp³-hybridized carbons (Fsp3) is 1.00. The topological polar surface area (TPSA) is 9.23 Å². The zero-order valence-corrected chi connectivity index (χ0v) is 57.6. The lowest BCUT2D eigenvalue weighted by Crippen LogP contribution is -1.97. The van der Waals surface area contributed by atoms with Gasteiger partial charge >= 0.3 is 0 Å². The molecule has 0 radical (unpaired) electrons. The van der Waals surface area contributed by atoms with Crippen molar-refractivity contribution in [2.45, 2.75) is 502 Å². The quantitative estimate of drug-likeness (QED) is 0.0552. The van der Waals surface area contributed by atoms with E-state index in [-0.39, 0.29) is 0 Å². The maximum atomic E-state index is 5.98. The fourth-order valence-corrected chi connectivity index (χ4v) is 13.4. The molecule has 0 saturated carbocycles. The van der Waals surface area contributed by atoms with E-state index in [0.29, 0.717) is 0 Å². The van der Waals surface area contributed by atoms with E-state index in [4.69, 9.17) is 4.74 Å². The molecule has 1 heteroatoms. The number of unbranched alkanes of at least 4 members (excludes halogenated alkanes) is 74. The maximum absolute atomic E-state index is 5.98. The number of rotatable bonds is 78. The number of ether oxygens (including phenoxy) is 1. The van der Waals surface area contributed by atoms with Crippen LogP contribution >= 0.6 is 0 Å². The van der Waals surface area contributed by atoms with E-state index in [2.05, 4.69) is 13.8 Å². The SMILES string of the molecule is CCCCCCCCCCCCCCCCCCCCCCCCCCCCCCCCCCCCCCCCOCCCCCCCCCCCCCCCCCCCCCCCCCCCCCCCCCCCCCCCC. The van der Waals surface area contributed by atoms with Crippen molar-refractivity contribution in [3.8, 4) is 0 Å². The third-order valence-electron chi connectivity index (χ3n) is 19.3. The van der Waals surface area contributed by atoms with Crippen molar-refractivity contribution in [2.75, 3.05) is 13.2 Å². The van der Waals surface area contributed by atoms with Gasteiger partial charge in [0.15, 0.2) is 0 Å². The van der Waals surface area contributed by atoms with E-state index in [1.807, 2.05) is 0 Å². The van der Waals surface area contributed by atoms with Gasteiger partial charge < -0.3 is 4.74 Å². The highest BCUT2D eigenvalue weighted by Gasteiger charge is 2.02. The standard InChI is InChI=1S/C80H162O/c1-3-5-7-9-11-13-15-17-19-21-23-25-27-29-31-33-35-37-39-41-43-45-47-49-51-53-55-57-59-61-63-65-67-69-71-73-75-77-79-81-80-78-76-74-72-70-68-66-64-62-60-58-56-54-52-50-48-46-44-42-40-38-36-34-32-30-28-26-24-22-20-18-16-14-12-10-8-6-4-2/h3-80H2,1-2H3. The predicted molar refractivity (Wildman–Crippen MR) is 373 cm³/mol. The van der Waals surface area contributed by atoms with Crippen LogP contribution in [0.3, 0.4) is 0 Å². The highest BCUT2D eigenvalue weighted by atomic mass is 16.5. The molecule has 0 heterocycles. The molecule has 0 bridgehead atoms. The van der Waals surface area contributed by atoms with Crippen LogP contribution in [0, 0.1) is 0 Å². The molecule has 488 valence electrons. The molecule has 0 spiro atoms. The molecule has 0 saturated heterocycles. The van der Waals surface area contributed by atoms with Gasteiger partial charge in [-0.25, -0.2) is 0 Å². The highest BCUT2D eigenvalue weighted by Crippen LogP contribution is 2.21. The highest BCUT2D eigenvalue weighted by molar-refractivity contribution is 4.57. The Morgan fingerprint density at radius 1 is 0.0988 bits per heavy atom. The van der Waals surface area contributed by atoms with Crippen LogP contribution in [0.15, 0.2) is 0 Å². The van der Waals surface area contributed by atoms with Crippen molar-refractivity contribution in [1.29, 1.82) is 0 Å². The van der Waals surface area contributed by atoms with Gasteiger partial charge in [0.25, 0.3) is 0 Å². The van der Waals surface area contributed by atoms with Crippen LogP contribution in [0.5, 0.6) is 0 Å². The second-order valence-electron chi connectivity index (χ2n) is 27.8. The zero-order chi connectivity index (χ0) is 57.9. The Kier molecular flexibility index (Phi) is 79.9. The second kappa shape index (κ2) is 80.0. The Labute approximate surface area is 517 Å². The Balaban J connectivity index is 3.08. The smallest absolute Gasteiger partial charge is 0.0466 e. The monoisotopic (exact) mass is 1140 g/mol. The second-order valence-corrected chi connectivity index (χ2v) is 27.8. The van der Waals surface area contributed by atoms with E-state index in [1.54, 1.807) is 0 Å². The predicted octanol–water partition coefficient (Wildman–Crippen LogP) is 30.7. The van der Waals surface area contributed by atoms with Crippen LogP contribution in [-0.2, 0) is 4.74 Å². The number of hydrogen-bond acceptors (Lipinski definition) is 1. The molecule has 0 aromatic rings. The largest absolute Gasteiger partial charge is 0.381 e. The summed E-state index contributed by atoms with van der Waals surface area (Å²) in [6.07, 6.45) is 112. The van der Waals surface area contributed by atoms with Crippen LogP contribution in [-0.4, -0.2) is 13.2 Å². The van der Waals surface area contributed by atoms with E-state index < -0.39 is 0 Å². The summed E-state index contributed by atoms with van der Waals surface area (Å²) in [6.45, 7) is 6.63. The summed E-state index contributed by atoms with van der Waals surface area (Å²) in [4.78, 5) is 0. The first kappa shape index (κ1) is 81.0. The Morgan fingerprint density at radius 2 is 0.173 bits per heavy atom. The summed E-state index contributed by atoms with van der Waals surface area (Å²) in [5.74, 6) is 0. The van der Waals surface area contributed by atoms with E-state index in [9.17, 15) is 0 Å². The number of hydrogen-bond donors (Lipinski definition) is 0. The molecule has 0 atom stereocenters. The average Bonchev–Trinajstić information content (AvgIpc) is 3.48. The van der Waals surface area contributed by atoms with E-state index in [1.165, 1.54) is 488 Å². The summed E-state index contributed by atoms with van der Waals surface area (Å²) in [5, 5.41) is 0. The first-order valence-corrected chi connectivity index (χ1v) is 40.0. The Bertz CT molecular complexity index is 926. The molecular formula is C80H162O. The van der Waals surface area contributed by atoms with Gasteiger partial charge in [0, 0.05) is 13.2 Å². The first-order chi connectivity index (χ1) is 40.4. The van der Waals surface area contributed by atoms with Gasteiger partial charge in [-0.3, -0.25) is 0 Å². The molecule has 0 amide bonds. The third-order valence-corrected chi connectivity index (χ3v) is 19.3. The lowest BCUT2D eigenvalue weighted by atomic mass is 10.0. The van der Waals surface area contributed by atoms with Crippen LogP contribution in [0.2, 0.25) is 0 Å². The Morgan fingerprint density at radius 3 is 0.259 bits per heavy atom. The average molecular weight is 1140 g/mol. The van der Waals surface area contributed by atoms with Crippen LogP contribution in [0.4, 0.5) is 0 Å². The minimum atomic E-state index is 0.999. The van der Waals surface area contributed by atoms with Crippen molar-refractivity contribution in [1.82, 2.24) is 0 Å².